The molecule has 0 unspecified atom stereocenters. The van der Waals surface area contributed by atoms with E-state index >= 15 is 0 Å². The molecule has 7 nitrogen and oxygen atoms in total. The zero-order valence-corrected chi connectivity index (χ0v) is 20.9. The van der Waals surface area contributed by atoms with Gasteiger partial charge in [-0.25, -0.2) is 4.98 Å². The van der Waals surface area contributed by atoms with Crippen LogP contribution in [0.5, 0.6) is 11.5 Å². The first-order chi connectivity index (χ1) is 15.5. The van der Waals surface area contributed by atoms with Crippen LogP contribution in [0, 0.1) is 6.92 Å². The Morgan fingerprint density at radius 2 is 1.85 bits per heavy atom. The lowest BCUT2D eigenvalue weighted by molar-refractivity contribution is -0.0520. The number of ether oxygens (including phenoxy) is 2. The summed E-state index contributed by atoms with van der Waals surface area (Å²) in [5, 5.41) is 6.21. The average Bonchev–Trinajstić information content (AvgIpc) is 3.25. The van der Waals surface area contributed by atoms with Crippen molar-refractivity contribution in [3.05, 3.63) is 65.5 Å². The van der Waals surface area contributed by atoms with Crippen molar-refractivity contribution < 1.29 is 22.7 Å². The minimum absolute atomic E-state index is 0. The van der Waals surface area contributed by atoms with Gasteiger partial charge in [-0.05, 0) is 32.0 Å². The van der Waals surface area contributed by atoms with Crippen molar-refractivity contribution >= 4 is 29.9 Å². The maximum atomic E-state index is 12.9. The molecule has 2 N–H and O–H groups in total. The van der Waals surface area contributed by atoms with Gasteiger partial charge in [-0.15, -0.1) is 24.0 Å². The number of nitrogens with zero attached hydrogens (tertiary/aromatic N) is 2. The Morgan fingerprint density at radius 3 is 2.52 bits per heavy atom. The summed E-state index contributed by atoms with van der Waals surface area (Å²) in [5.41, 5.74) is 3.27. The van der Waals surface area contributed by atoms with Crippen LogP contribution >= 0.6 is 24.0 Å². The number of nitrogens with one attached hydrogen (secondary N) is 2. The number of aromatic nitrogens is 1. The van der Waals surface area contributed by atoms with Crippen LogP contribution in [0.1, 0.15) is 23.7 Å². The van der Waals surface area contributed by atoms with E-state index in [4.69, 9.17) is 13.9 Å². The highest BCUT2D eigenvalue weighted by molar-refractivity contribution is 14.0. The standard InChI is InChI=1S/C23H26F2N4O3.HI/c1-4-30-19-7-5-6-17(20(19)32-22(24)25)12-27-23(26-3)28-13-18-14-31-21(29-18)16-10-8-15(2)9-11-16;/h5-11,14,22H,4,12-13H2,1-3H3,(H2,26,27,28);1H. The predicted molar refractivity (Wildman–Crippen MR) is 133 cm³/mol. The van der Waals surface area contributed by atoms with E-state index in [-0.39, 0.29) is 42.0 Å². The maximum absolute atomic E-state index is 12.9. The van der Waals surface area contributed by atoms with Gasteiger partial charge >= 0.3 is 6.61 Å². The fourth-order valence-corrected chi connectivity index (χ4v) is 2.98. The van der Waals surface area contributed by atoms with Gasteiger partial charge in [-0.3, -0.25) is 4.99 Å². The normalized spacial score (nSPS) is 11.2. The Morgan fingerprint density at radius 1 is 1.12 bits per heavy atom. The largest absolute Gasteiger partial charge is 0.490 e. The Labute approximate surface area is 208 Å². The van der Waals surface area contributed by atoms with Gasteiger partial charge in [0.25, 0.3) is 0 Å². The number of guanidine groups is 1. The Balaban J connectivity index is 0.00000385. The van der Waals surface area contributed by atoms with Crippen LogP contribution in [0.2, 0.25) is 0 Å². The third-order valence-electron chi connectivity index (χ3n) is 4.52. The zero-order chi connectivity index (χ0) is 22.9. The molecule has 0 saturated heterocycles. The number of rotatable bonds is 9. The molecule has 1 heterocycles. The van der Waals surface area contributed by atoms with Gasteiger partial charge < -0.3 is 24.5 Å². The lowest BCUT2D eigenvalue weighted by Gasteiger charge is -2.17. The molecule has 0 aliphatic heterocycles. The van der Waals surface area contributed by atoms with Gasteiger partial charge in [-0.2, -0.15) is 8.78 Å². The van der Waals surface area contributed by atoms with Crippen LogP contribution < -0.4 is 20.1 Å². The summed E-state index contributed by atoms with van der Waals surface area (Å²) >= 11 is 0. The molecule has 10 heteroatoms. The molecule has 0 radical (unpaired) electrons. The van der Waals surface area contributed by atoms with Crippen LogP contribution in [0.25, 0.3) is 11.5 Å². The zero-order valence-electron chi connectivity index (χ0n) is 18.6. The molecule has 0 saturated carbocycles. The number of hydrogen-bond acceptors (Lipinski definition) is 5. The molecule has 0 atom stereocenters. The first kappa shape index (κ1) is 26.4. The number of para-hydroxylation sites is 1. The molecule has 33 heavy (non-hydrogen) atoms. The third-order valence-corrected chi connectivity index (χ3v) is 4.52. The molecule has 3 rings (SSSR count). The number of oxazole rings is 1. The van der Waals surface area contributed by atoms with E-state index in [1.54, 1.807) is 38.4 Å². The number of benzene rings is 2. The fourth-order valence-electron chi connectivity index (χ4n) is 2.98. The lowest BCUT2D eigenvalue weighted by Crippen LogP contribution is -2.36. The highest BCUT2D eigenvalue weighted by Crippen LogP contribution is 2.32. The van der Waals surface area contributed by atoms with Gasteiger partial charge in [0.15, 0.2) is 17.5 Å². The minimum Gasteiger partial charge on any atom is -0.490 e. The van der Waals surface area contributed by atoms with Crippen molar-refractivity contribution in [1.29, 1.82) is 0 Å². The van der Waals surface area contributed by atoms with Crippen LogP contribution in [-0.4, -0.2) is 31.2 Å². The van der Waals surface area contributed by atoms with Crippen molar-refractivity contribution in [2.75, 3.05) is 13.7 Å². The molecule has 3 aromatic rings. The van der Waals surface area contributed by atoms with Crippen LogP contribution in [0.3, 0.4) is 0 Å². The first-order valence-electron chi connectivity index (χ1n) is 10.2. The summed E-state index contributed by atoms with van der Waals surface area (Å²) in [6.45, 7) is 1.74. The Bertz CT molecular complexity index is 1040. The molecule has 0 bridgehead atoms. The van der Waals surface area contributed by atoms with E-state index in [1.807, 2.05) is 31.2 Å². The first-order valence-corrected chi connectivity index (χ1v) is 10.2. The summed E-state index contributed by atoms with van der Waals surface area (Å²) in [6, 6.07) is 12.9. The average molecular weight is 572 g/mol. The molecule has 1 aromatic heterocycles. The molecule has 178 valence electrons. The van der Waals surface area contributed by atoms with E-state index in [0.29, 0.717) is 36.3 Å². The van der Waals surface area contributed by atoms with E-state index in [2.05, 4.69) is 20.6 Å². The highest BCUT2D eigenvalue weighted by Gasteiger charge is 2.16. The van der Waals surface area contributed by atoms with E-state index in [1.165, 1.54) is 0 Å². The Hall–Kier alpha value is -2.89. The van der Waals surface area contributed by atoms with Crippen molar-refractivity contribution in [2.45, 2.75) is 33.5 Å². The van der Waals surface area contributed by atoms with Crippen LogP contribution in [0.4, 0.5) is 8.78 Å². The molecule has 2 aromatic carbocycles. The molecular weight excluding hydrogens is 545 g/mol. The monoisotopic (exact) mass is 572 g/mol. The second-order valence-corrected chi connectivity index (χ2v) is 6.85. The second kappa shape index (κ2) is 13.0. The van der Waals surface area contributed by atoms with Gasteiger partial charge in [0, 0.05) is 24.7 Å². The quantitative estimate of drug-likeness (QED) is 0.210. The highest BCUT2D eigenvalue weighted by atomic mass is 127. The predicted octanol–water partition coefficient (Wildman–Crippen LogP) is 5.13. The number of alkyl halides is 2. The molecule has 0 aliphatic carbocycles. The van der Waals surface area contributed by atoms with Gasteiger partial charge in [0.2, 0.25) is 5.89 Å². The van der Waals surface area contributed by atoms with E-state index in [0.717, 1.165) is 11.1 Å². The van der Waals surface area contributed by atoms with Crippen LogP contribution in [0.15, 0.2) is 58.1 Å². The maximum Gasteiger partial charge on any atom is 0.387 e. The third kappa shape index (κ3) is 7.58. The summed E-state index contributed by atoms with van der Waals surface area (Å²) in [7, 11) is 1.61. The Kier molecular flexibility index (Phi) is 10.4. The summed E-state index contributed by atoms with van der Waals surface area (Å²) in [5.74, 6) is 1.27. The summed E-state index contributed by atoms with van der Waals surface area (Å²) in [4.78, 5) is 8.64. The molecule has 0 aliphatic rings. The molecule has 0 spiro atoms. The minimum atomic E-state index is -2.96. The topological polar surface area (TPSA) is 80.9 Å². The van der Waals surface area contributed by atoms with Crippen molar-refractivity contribution in [3.8, 4) is 23.0 Å². The number of hydrogen-bond donors (Lipinski definition) is 2. The van der Waals surface area contributed by atoms with E-state index in [9.17, 15) is 8.78 Å². The van der Waals surface area contributed by atoms with Gasteiger partial charge in [-0.1, -0.05) is 29.8 Å². The lowest BCUT2D eigenvalue weighted by atomic mass is 10.1. The van der Waals surface area contributed by atoms with E-state index < -0.39 is 6.61 Å². The number of aryl methyl sites for hydroxylation is 1. The van der Waals surface area contributed by atoms with Gasteiger partial charge in [0.05, 0.1) is 18.8 Å². The summed E-state index contributed by atoms with van der Waals surface area (Å²) in [6.07, 6.45) is 1.58. The summed E-state index contributed by atoms with van der Waals surface area (Å²) < 4.78 is 41.4. The number of aliphatic imine (C=N–C) groups is 1. The van der Waals surface area contributed by atoms with Gasteiger partial charge in [0.1, 0.15) is 6.26 Å². The van der Waals surface area contributed by atoms with Crippen molar-refractivity contribution in [1.82, 2.24) is 15.6 Å². The number of halogens is 3. The smallest absolute Gasteiger partial charge is 0.387 e. The molecule has 0 fully saturated rings. The van der Waals surface area contributed by atoms with Crippen molar-refractivity contribution in [2.24, 2.45) is 4.99 Å². The van der Waals surface area contributed by atoms with Crippen LogP contribution in [-0.2, 0) is 13.1 Å². The van der Waals surface area contributed by atoms with Crippen molar-refractivity contribution in [3.63, 3.8) is 0 Å². The fraction of sp³-hybridized carbons (Fsp3) is 0.304. The SMILES string of the molecule is CCOc1cccc(CNC(=NC)NCc2coc(-c3ccc(C)cc3)n2)c1OC(F)F.I. The molecule has 0 amide bonds. The second-order valence-electron chi connectivity index (χ2n) is 6.85. The molecular formula is C23H27F2IN4O3.